The molecule has 2 bridgehead atoms. The minimum Gasteiger partial charge on any atom is -0.353 e. The van der Waals surface area contributed by atoms with Gasteiger partial charge in [0, 0.05) is 32.1 Å². The van der Waals surface area contributed by atoms with Gasteiger partial charge in [-0.3, -0.25) is 28.8 Å². The molecule has 2 aromatic rings. The maximum absolute atomic E-state index is 13.1. The first-order valence-electron chi connectivity index (χ1n) is 12.2. The highest BCUT2D eigenvalue weighted by Crippen LogP contribution is 2.61. The summed E-state index contributed by atoms with van der Waals surface area (Å²) < 4.78 is 5.94. The number of pyridine rings is 1. The van der Waals surface area contributed by atoms with Crippen LogP contribution in [-0.2, 0) is 25.7 Å². The van der Waals surface area contributed by atoms with Crippen LogP contribution in [0.15, 0.2) is 27.6 Å². The second-order valence-corrected chi connectivity index (χ2v) is 9.71. The summed E-state index contributed by atoms with van der Waals surface area (Å²) in [6.07, 6.45) is 2.73. The fourth-order valence-corrected chi connectivity index (χ4v) is 4.81. The molecule has 5 rings (SSSR count). The Hall–Kier alpha value is -4.36. The molecule has 4 N–H and O–H groups in total. The summed E-state index contributed by atoms with van der Waals surface area (Å²) in [6, 6.07) is 1.53. The summed E-state index contributed by atoms with van der Waals surface area (Å²) in [6.45, 7) is 3.35. The second kappa shape index (κ2) is 10.6. The van der Waals surface area contributed by atoms with Crippen LogP contribution < -0.4 is 26.8 Å². The van der Waals surface area contributed by atoms with Gasteiger partial charge < -0.3 is 30.4 Å². The molecular formula is C24H29N7O7. The SMILES string of the molecule is CNC(=O)C(=O)CC[C@H](NC(=O)c1noc(C)n1)C(=O)Nc1cccn(CC(=O)NC23CC(C2)[C@@H]3C)c1=O. The Morgan fingerprint density at radius 3 is 2.55 bits per heavy atom. The van der Waals surface area contributed by atoms with Crippen molar-refractivity contribution in [3.63, 3.8) is 0 Å². The molecule has 3 fully saturated rings. The van der Waals surface area contributed by atoms with Crippen molar-refractivity contribution in [3.05, 3.63) is 40.4 Å². The molecular weight excluding hydrogens is 498 g/mol. The van der Waals surface area contributed by atoms with Crippen molar-refractivity contribution in [2.75, 3.05) is 12.4 Å². The summed E-state index contributed by atoms with van der Waals surface area (Å²) in [4.78, 5) is 78.5. The van der Waals surface area contributed by atoms with Crippen LogP contribution in [0.3, 0.4) is 0 Å². The Kier molecular flexibility index (Phi) is 7.41. The lowest BCUT2D eigenvalue weighted by Gasteiger charge is -2.67. The maximum Gasteiger partial charge on any atom is 0.293 e. The molecule has 2 aromatic heterocycles. The average Bonchev–Trinajstić information content (AvgIpc) is 3.31. The molecule has 14 nitrogen and oxygen atoms in total. The quantitative estimate of drug-likeness (QED) is 0.273. The smallest absolute Gasteiger partial charge is 0.293 e. The molecule has 3 aliphatic rings. The van der Waals surface area contributed by atoms with Crippen LogP contribution in [0, 0.1) is 18.8 Å². The standard InChI is InChI=1S/C24H29N7O7/c1-12-14-9-24(12,10-14)29-18(33)11-31-8-4-5-16(23(31)37)28-20(34)15(6-7-17(32)21(35)25-3)27-22(36)19-26-13(2)38-30-19/h4-5,8,12,14-15H,6-7,9-11H2,1-3H3,(H,25,35)(H,27,36)(H,28,34)(H,29,33)/t12-,14?,15-,24?/m0/s1. The Morgan fingerprint density at radius 1 is 1.24 bits per heavy atom. The minimum absolute atomic E-state index is 0.128. The normalized spacial score (nSPS) is 21.8. The van der Waals surface area contributed by atoms with Crippen LogP contribution in [0.25, 0.3) is 0 Å². The number of rotatable bonds is 11. The van der Waals surface area contributed by atoms with Gasteiger partial charge in [0.05, 0.1) is 0 Å². The Balaban J connectivity index is 1.44. The van der Waals surface area contributed by atoms with E-state index in [1.165, 1.54) is 36.9 Å². The van der Waals surface area contributed by atoms with Crippen molar-refractivity contribution in [2.45, 2.75) is 57.7 Å². The van der Waals surface area contributed by atoms with E-state index in [1.807, 2.05) is 0 Å². The van der Waals surface area contributed by atoms with E-state index in [-0.39, 0.29) is 48.2 Å². The highest BCUT2D eigenvalue weighted by atomic mass is 16.5. The third kappa shape index (κ3) is 5.33. The van der Waals surface area contributed by atoms with E-state index in [0.29, 0.717) is 11.8 Å². The van der Waals surface area contributed by atoms with E-state index >= 15 is 0 Å². The number of likely N-dealkylation sites (N-methyl/N-ethyl adjacent to an activating group) is 1. The van der Waals surface area contributed by atoms with Crippen LogP contribution in [0.2, 0.25) is 0 Å². The molecule has 2 heterocycles. The maximum atomic E-state index is 13.1. The summed E-state index contributed by atoms with van der Waals surface area (Å²) in [5.74, 6) is -2.72. The fourth-order valence-electron chi connectivity index (χ4n) is 4.81. The predicted octanol–water partition coefficient (Wildman–Crippen LogP) is -0.713. The lowest BCUT2D eigenvalue weighted by Crippen LogP contribution is -2.74. The third-order valence-electron chi connectivity index (χ3n) is 7.30. The number of nitrogens with one attached hydrogen (secondary N) is 4. The molecule has 0 unspecified atom stereocenters. The molecule has 38 heavy (non-hydrogen) atoms. The van der Waals surface area contributed by atoms with Crippen molar-refractivity contribution in [1.29, 1.82) is 0 Å². The molecule has 0 saturated heterocycles. The highest BCUT2D eigenvalue weighted by molar-refractivity contribution is 6.36. The number of aromatic nitrogens is 3. The van der Waals surface area contributed by atoms with Crippen molar-refractivity contribution in [2.24, 2.45) is 11.8 Å². The molecule has 14 heteroatoms. The fraction of sp³-hybridized carbons (Fsp3) is 0.500. The average molecular weight is 528 g/mol. The van der Waals surface area contributed by atoms with Gasteiger partial charge in [0.2, 0.25) is 23.5 Å². The summed E-state index contributed by atoms with van der Waals surface area (Å²) >= 11 is 0. The molecule has 202 valence electrons. The van der Waals surface area contributed by atoms with Gasteiger partial charge in [-0.1, -0.05) is 12.1 Å². The van der Waals surface area contributed by atoms with Gasteiger partial charge in [0.15, 0.2) is 0 Å². The van der Waals surface area contributed by atoms with Gasteiger partial charge in [-0.25, -0.2) is 0 Å². The van der Waals surface area contributed by atoms with Crippen LogP contribution in [0.4, 0.5) is 5.69 Å². The molecule has 4 amide bonds. The Morgan fingerprint density at radius 2 is 1.97 bits per heavy atom. The van der Waals surface area contributed by atoms with Crippen molar-refractivity contribution < 1.29 is 28.5 Å². The van der Waals surface area contributed by atoms with Gasteiger partial charge in [-0.2, -0.15) is 4.98 Å². The Bertz CT molecular complexity index is 1340. The topological polar surface area (TPSA) is 194 Å². The first kappa shape index (κ1) is 26.7. The first-order valence-corrected chi connectivity index (χ1v) is 12.2. The van der Waals surface area contributed by atoms with E-state index in [9.17, 15) is 28.8 Å². The summed E-state index contributed by atoms with van der Waals surface area (Å²) in [5.41, 5.74) is -0.926. The highest BCUT2D eigenvalue weighted by Gasteiger charge is 2.63. The molecule has 0 radical (unpaired) electrons. The monoisotopic (exact) mass is 527 g/mol. The number of hydrogen-bond donors (Lipinski definition) is 4. The van der Waals surface area contributed by atoms with E-state index in [1.54, 1.807) is 0 Å². The van der Waals surface area contributed by atoms with Crippen LogP contribution in [-0.4, -0.2) is 62.7 Å². The zero-order valence-corrected chi connectivity index (χ0v) is 21.2. The molecule has 0 aromatic carbocycles. The lowest BCUT2D eigenvalue weighted by molar-refractivity contribution is -0.151. The number of hydrogen-bond acceptors (Lipinski definition) is 9. The van der Waals surface area contributed by atoms with Gasteiger partial charge >= 0.3 is 0 Å². The lowest BCUT2D eigenvalue weighted by atomic mass is 9.43. The van der Waals surface area contributed by atoms with Crippen molar-refractivity contribution in [3.8, 4) is 0 Å². The zero-order chi connectivity index (χ0) is 27.6. The number of carbonyl (C=O) groups excluding carboxylic acids is 5. The number of aryl methyl sites for hydroxylation is 1. The molecule has 3 aliphatic carbocycles. The minimum atomic E-state index is -1.32. The molecule has 0 spiro atoms. The van der Waals surface area contributed by atoms with Gasteiger partial charge in [-0.05, 0) is 43.2 Å². The van der Waals surface area contributed by atoms with Crippen molar-refractivity contribution in [1.82, 2.24) is 30.7 Å². The van der Waals surface area contributed by atoms with E-state index in [2.05, 4.69) is 38.3 Å². The van der Waals surface area contributed by atoms with Crippen LogP contribution in [0.1, 0.15) is 49.1 Å². The number of nitrogens with zero attached hydrogens (tertiary/aromatic N) is 3. The molecule has 0 aliphatic heterocycles. The second-order valence-electron chi connectivity index (χ2n) is 9.71. The summed E-state index contributed by atoms with van der Waals surface area (Å²) in [7, 11) is 1.29. The predicted molar refractivity (Wildman–Crippen MR) is 131 cm³/mol. The number of anilines is 1. The molecule has 2 atom stereocenters. The number of Topliss-reactive ketones (excluding diaryl/α,β-unsaturated/α-hetero) is 1. The zero-order valence-electron chi connectivity index (χ0n) is 21.2. The number of carbonyl (C=O) groups is 5. The number of amides is 4. The summed E-state index contributed by atoms with van der Waals surface area (Å²) in [5, 5.41) is 13.6. The van der Waals surface area contributed by atoms with Gasteiger partial charge in [0.1, 0.15) is 18.3 Å². The van der Waals surface area contributed by atoms with Crippen LogP contribution >= 0.6 is 0 Å². The first-order chi connectivity index (χ1) is 18.0. The van der Waals surface area contributed by atoms with E-state index < -0.39 is 35.1 Å². The van der Waals surface area contributed by atoms with E-state index in [4.69, 9.17) is 4.52 Å². The van der Waals surface area contributed by atoms with Crippen molar-refractivity contribution >= 4 is 35.1 Å². The van der Waals surface area contributed by atoms with E-state index in [0.717, 1.165) is 12.8 Å². The van der Waals surface area contributed by atoms with Gasteiger partial charge in [0.25, 0.3) is 23.2 Å². The largest absolute Gasteiger partial charge is 0.353 e. The third-order valence-corrected chi connectivity index (χ3v) is 7.30. The number of ketones is 1. The molecule has 3 saturated carbocycles. The van der Waals surface area contributed by atoms with Gasteiger partial charge in [-0.15, -0.1) is 0 Å². The van der Waals surface area contributed by atoms with Crippen LogP contribution in [0.5, 0.6) is 0 Å². The Labute approximate surface area is 216 Å².